The Morgan fingerprint density at radius 1 is 1.56 bits per heavy atom. The Morgan fingerprint density at radius 3 is 2.94 bits per heavy atom. The van der Waals surface area contributed by atoms with Gasteiger partial charge in [0.15, 0.2) is 0 Å². The van der Waals surface area contributed by atoms with Crippen LogP contribution in [0.2, 0.25) is 5.02 Å². The Kier molecular flexibility index (Phi) is 6.58. The van der Waals surface area contributed by atoms with E-state index in [1.54, 1.807) is 17.8 Å². The molecule has 0 amide bonds. The summed E-state index contributed by atoms with van der Waals surface area (Å²) < 4.78 is 0. The maximum atomic E-state index is 10.5. The molecule has 0 aromatic heterocycles. The van der Waals surface area contributed by atoms with E-state index in [0.717, 1.165) is 17.9 Å². The highest BCUT2D eigenvalue weighted by molar-refractivity contribution is 7.99. The number of hydrogen-bond donors (Lipinski definition) is 1. The van der Waals surface area contributed by atoms with Crippen molar-refractivity contribution in [1.82, 2.24) is 5.32 Å². The van der Waals surface area contributed by atoms with Crippen molar-refractivity contribution < 1.29 is 4.92 Å². The summed E-state index contributed by atoms with van der Waals surface area (Å²) in [5.74, 6) is 4.19. The van der Waals surface area contributed by atoms with Crippen LogP contribution in [0.5, 0.6) is 0 Å². The van der Waals surface area contributed by atoms with Gasteiger partial charge in [-0.3, -0.25) is 10.1 Å². The Bertz CT molecular complexity index is 460. The second-order valence-corrected chi connectivity index (χ2v) is 4.98. The van der Waals surface area contributed by atoms with E-state index in [9.17, 15) is 10.1 Å². The zero-order chi connectivity index (χ0) is 13.4. The third-order valence-electron chi connectivity index (χ3n) is 2.17. The highest BCUT2D eigenvalue weighted by atomic mass is 35.5. The van der Waals surface area contributed by atoms with Crippen molar-refractivity contribution in [3.63, 3.8) is 0 Å². The SMILES string of the molecule is C#CCSCCNCc1ccc([N+](=O)[O-])cc1Cl. The van der Waals surface area contributed by atoms with Gasteiger partial charge < -0.3 is 5.32 Å². The van der Waals surface area contributed by atoms with Crippen LogP contribution in [0.1, 0.15) is 5.56 Å². The number of terminal acetylenes is 1. The van der Waals surface area contributed by atoms with Crippen molar-refractivity contribution in [2.75, 3.05) is 18.1 Å². The van der Waals surface area contributed by atoms with Crippen molar-refractivity contribution in [3.8, 4) is 12.3 Å². The summed E-state index contributed by atoms with van der Waals surface area (Å²) in [7, 11) is 0. The Labute approximate surface area is 115 Å². The number of nitro groups is 1. The van der Waals surface area contributed by atoms with Gasteiger partial charge in [-0.15, -0.1) is 18.2 Å². The summed E-state index contributed by atoms with van der Waals surface area (Å²) in [6, 6.07) is 4.49. The van der Waals surface area contributed by atoms with Gasteiger partial charge in [-0.25, -0.2) is 0 Å². The minimum Gasteiger partial charge on any atom is -0.312 e. The van der Waals surface area contributed by atoms with Crippen LogP contribution >= 0.6 is 23.4 Å². The quantitative estimate of drug-likeness (QED) is 0.362. The molecule has 1 aromatic rings. The van der Waals surface area contributed by atoms with Gasteiger partial charge in [0.25, 0.3) is 5.69 Å². The minimum atomic E-state index is -0.459. The number of hydrogen-bond acceptors (Lipinski definition) is 4. The number of nitrogens with one attached hydrogen (secondary N) is 1. The summed E-state index contributed by atoms with van der Waals surface area (Å²) in [5.41, 5.74) is 0.859. The Morgan fingerprint density at radius 2 is 2.33 bits per heavy atom. The molecule has 0 heterocycles. The lowest BCUT2D eigenvalue weighted by Crippen LogP contribution is -2.16. The second-order valence-electron chi connectivity index (χ2n) is 3.47. The molecule has 0 spiro atoms. The smallest absolute Gasteiger partial charge is 0.270 e. The second kappa shape index (κ2) is 7.98. The van der Waals surface area contributed by atoms with Crippen LogP contribution in [0.4, 0.5) is 5.69 Å². The van der Waals surface area contributed by atoms with Crippen LogP contribution in [-0.2, 0) is 6.54 Å². The van der Waals surface area contributed by atoms with Crippen molar-refractivity contribution in [2.24, 2.45) is 0 Å². The fraction of sp³-hybridized carbons (Fsp3) is 0.333. The molecule has 0 radical (unpaired) electrons. The Balaban J connectivity index is 2.39. The molecule has 0 saturated carbocycles. The normalized spacial score (nSPS) is 10.0. The number of halogens is 1. The van der Waals surface area contributed by atoms with Gasteiger partial charge in [0, 0.05) is 31.0 Å². The molecule has 1 N–H and O–H groups in total. The lowest BCUT2D eigenvalue weighted by molar-refractivity contribution is -0.384. The molecule has 1 aromatic carbocycles. The molecular formula is C12H13ClN2O2S. The van der Waals surface area contributed by atoms with Gasteiger partial charge in [-0.1, -0.05) is 17.5 Å². The van der Waals surface area contributed by atoms with Crippen LogP contribution < -0.4 is 5.32 Å². The van der Waals surface area contributed by atoms with Crippen molar-refractivity contribution >= 4 is 29.1 Å². The lowest BCUT2D eigenvalue weighted by Gasteiger charge is -2.06. The summed E-state index contributed by atoms with van der Waals surface area (Å²) >= 11 is 7.64. The molecule has 4 nitrogen and oxygen atoms in total. The summed E-state index contributed by atoms with van der Waals surface area (Å²) in [4.78, 5) is 10.1. The van der Waals surface area contributed by atoms with Crippen molar-refractivity contribution in [2.45, 2.75) is 6.54 Å². The number of nitrogens with zero attached hydrogens (tertiary/aromatic N) is 1. The van der Waals surface area contributed by atoms with Crippen LogP contribution in [0, 0.1) is 22.5 Å². The number of thioether (sulfide) groups is 1. The number of rotatable bonds is 7. The maximum absolute atomic E-state index is 10.5. The first kappa shape index (κ1) is 14.8. The molecule has 0 aliphatic carbocycles. The van der Waals surface area contributed by atoms with Gasteiger partial charge in [0.2, 0.25) is 0 Å². The predicted molar refractivity (Wildman–Crippen MR) is 76.0 cm³/mol. The molecule has 1 rings (SSSR count). The largest absolute Gasteiger partial charge is 0.312 e. The zero-order valence-electron chi connectivity index (χ0n) is 9.69. The molecule has 0 aliphatic heterocycles. The van der Waals surface area contributed by atoms with Gasteiger partial charge in [0.1, 0.15) is 0 Å². The van der Waals surface area contributed by atoms with E-state index >= 15 is 0 Å². The first-order valence-corrected chi connectivity index (χ1v) is 6.83. The van der Waals surface area contributed by atoms with E-state index < -0.39 is 4.92 Å². The molecule has 0 aliphatic rings. The molecule has 6 heteroatoms. The van der Waals surface area contributed by atoms with E-state index in [0.29, 0.717) is 17.3 Å². The van der Waals surface area contributed by atoms with Crippen LogP contribution in [0.15, 0.2) is 18.2 Å². The number of benzene rings is 1. The molecule has 0 atom stereocenters. The molecule has 0 saturated heterocycles. The van der Waals surface area contributed by atoms with Crippen molar-refractivity contribution in [1.29, 1.82) is 0 Å². The molecule has 0 fully saturated rings. The average Bonchev–Trinajstić information content (AvgIpc) is 2.35. The first-order chi connectivity index (χ1) is 8.65. The fourth-order valence-electron chi connectivity index (χ4n) is 1.29. The van der Waals surface area contributed by atoms with Gasteiger partial charge in [0.05, 0.1) is 15.7 Å². The van der Waals surface area contributed by atoms with Crippen molar-refractivity contribution in [3.05, 3.63) is 38.9 Å². The highest BCUT2D eigenvalue weighted by Gasteiger charge is 2.08. The topological polar surface area (TPSA) is 55.2 Å². The monoisotopic (exact) mass is 284 g/mol. The van der Waals surface area contributed by atoms with Crippen LogP contribution in [-0.4, -0.2) is 23.0 Å². The highest BCUT2D eigenvalue weighted by Crippen LogP contribution is 2.22. The molecule has 96 valence electrons. The van der Waals surface area contributed by atoms with Crippen LogP contribution in [0.25, 0.3) is 0 Å². The summed E-state index contributed by atoms with van der Waals surface area (Å²) in [6.07, 6.45) is 5.13. The van der Waals surface area contributed by atoms with E-state index in [1.807, 2.05) is 0 Å². The average molecular weight is 285 g/mol. The predicted octanol–water partition coefficient (Wildman–Crippen LogP) is 2.70. The zero-order valence-corrected chi connectivity index (χ0v) is 11.3. The standard InChI is InChI=1S/C12H13ClN2O2S/c1-2-6-18-7-5-14-9-10-3-4-11(15(16)17)8-12(10)13/h1,3-4,8,14H,5-7,9H2. The minimum absolute atomic E-state index is 0.00771. The summed E-state index contributed by atoms with van der Waals surface area (Å²) in [6.45, 7) is 1.41. The van der Waals surface area contributed by atoms with E-state index in [-0.39, 0.29) is 5.69 Å². The molecule has 0 unspecified atom stereocenters. The Hall–Kier alpha value is -1.22. The number of non-ortho nitro benzene ring substituents is 1. The van der Waals surface area contributed by atoms with E-state index in [4.69, 9.17) is 18.0 Å². The summed E-state index contributed by atoms with van der Waals surface area (Å²) in [5, 5.41) is 14.2. The van der Waals surface area contributed by atoms with E-state index in [2.05, 4.69) is 11.2 Å². The fourth-order valence-corrected chi connectivity index (χ4v) is 2.08. The lowest BCUT2D eigenvalue weighted by atomic mass is 10.2. The number of nitro benzene ring substituents is 1. The third kappa shape index (κ3) is 4.96. The first-order valence-electron chi connectivity index (χ1n) is 5.30. The van der Waals surface area contributed by atoms with E-state index in [1.165, 1.54) is 12.1 Å². The van der Waals surface area contributed by atoms with Gasteiger partial charge in [-0.05, 0) is 11.6 Å². The van der Waals surface area contributed by atoms with Gasteiger partial charge in [-0.2, -0.15) is 0 Å². The molecule has 0 bridgehead atoms. The van der Waals surface area contributed by atoms with Crippen LogP contribution in [0.3, 0.4) is 0 Å². The third-order valence-corrected chi connectivity index (χ3v) is 3.39. The maximum Gasteiger partial charge on any atom is 0.270 e. The van der Waals surface area contributed by atoms with Gasteiger partial charge >= 0.3 is 0 Å². The molecule has 18 heavy (non-hydrogen) atoms. The molecular weight excluding hydrogens is 272 g/mol.